The summed E-state index contributed by atoms with van der Waals surface area (Å²) in [5.74, 6) is 0.443. The maximum atomic E-state index is 12.7. The lowest BCUT2D eigenvalue weighted by atomic mass is 10.0. The summed E-state index contributed by atoms with van der Waals surface area (Å²) in [7, 11) is 0. The zero-order chi connectivity index (χ0) is 14.9. The number of amides is 2. The summed E-state index contributed by atoms with van der Waals surface area (Å²) in [5, 5.41) is 9.65. The maximum absolute atomic E-state index is 12.7. The van der Waals surface area contributed by atoms with Crippen molar-refractivity contribution in [3.63, 3.8) is 0 Å². The molecule has 1 N–H and O–H groups in total. The fraction of sp³-hybridized carbons (Fsp3) is 0.867. The first kappa shape index (κ1) is 15.3. The van der Waals surface area contributed by atoms with E-state index in [1.807, 2.05) is 18.7 Å². The highest BCUT2D eigenvalue weighted by atomic mass is 16.3. The number of nitrogens with zero attached hydrogens (tertiary/aromatic N) is 2. The molecule has 2 rings (SSSR count). The minimum atomic E-state index is -0.376. The van der Waals surface area contributed by atoms with E-state index in [0.717, 1.165) is 12.8 Å². The van der Waals surface area contributed by atoms with E-state index in [-0.39, 0.29) is 35.8 Å². The molecule has 5 heteroatoms. The quantitative estimate of drug-likeness (QED) is 0.832. The largest absolute Gasteiger partial charge is 0.393 e. The molecule has 114 valence electrons. The summed E-state index contributed by atoms with van der Waals surface area (Å²) in [6.45, 7) is 7.78. The Morgan fingerprint density at radius 2 is 2.00 bits per heavy atom. The van der Waals surface area contributed by atoms with Crippen LogP contribution in [-0.4, -0.2) is 58.5 Å². The first-order chi connectivity index (χ1) is 9.41. The van der Waals surface area contributed by atoms with E-state index in [2.05, 4.69) is 0 Å². The van der Waals surface area contributed by atoms with E-state index < -0.39 is 0 Å². The molecule has 0 saturated carbocycles. The average molecular weight is 282 g/mol. The van der Waals surface area contributed by atoms with Crippen LogP contribution in [0.5, 0.6) is 0 Å². The molecule has 2 aliphatic rings. The molecule has 0 bridgehead atoms. The molecule has 2 amide bonds. The maximum Gasteiger partial charge on any atom is 0.245 e. The van der Waals surface area contributed by atoms with Crippen LogP contribution in [0.4, 0.5) is 0 Å². The number of rotatable bonds is 4. The zero-order valence-electron chi connectivity index (χ0n) is 12.7. The van der Waals surface area contributed by atoms with Crippen molar-refractivity contribution in [2.75, 3.05) is 19.6 Å². The van der Waals surface area contributed by atoms with Crippen molar-refractivity contribution in [1.82, 2.24) is 9.80 Å². The molecule has 3 unspecified atom stereocenters. The molecular formula is C15H26N2O3. The topological polar surface area (TPSA) is 60.9 Å². The van der Waals surface area contributed by atoms with Crippen LogP contribution in [0, 0.1) is 11.8 Å². The molecule has 2 fully saturated rings. The van der Waals surface area contributed by atoms with Gasteiger partial charge in [-0.2, -0.15) is 0 Å². The van der Waals surface area contributed by atoms with Crippen LogP contribution in [0.25, 0.3) is 0 Å². The molecule has 0 aliphatic carbocycles. The Labute approximate surface area is 120 Å². The summed E-state index contributed by atoms with van der Waals surface area (Å²) in [4.78, 5) is 28.2. The lowest BCUT2D eigenvalue weighted by molar-refractivity contribution is -0.144. The van der Waals surface area contributed by atoms with Gasteiger partial charge < -0.3 is 14.9 Å². The Morgan fingerprint density at radius 3 is 2.45 bits per heavy atom. The molecule has 0 spiro atoms. The third-order valence-corrected chi connectivity index (χ3v) is 4.55. The minimum Gasteiger partial charge on any atom is -0.393 e. The molecule has 2 saturated heterocycles. The normalized spacial score (nSPS) is 26.4. The third-order valence-electron chi connectivity index (χ3n) is 4.55. The van der Waals surface area contributed by atoms with E-state index >= 15 is 0 Å². The van der Waals surface area contributed by atoms with Crippen molar-refractivity contribution >= 4 is 11.8 Å². The van der Waals surface area contributed by atoms with Gasteiger partial charge in [-0.1, -0.05) is 13.8 Å². The molecule has 5 nitrogen and oxygen atoms in total. The van der Waals surface area contributed by atoms with Gasteiger partial charge in [0.25, 0.3) is 0 Å². The molecule has 0 aromatic heterocycles. The van der Waals surface area contributed by atoms with Gasteiger partial charge in [0.2, 0.25) is 11.8 Å². The molecule has 0 aromatic rings. The highest BCUT2D eigenvalue weighted by molar-refractivity contribution is 5.89. The first-order valence-corrected chi connectivity index (χ1v) is 7.68. The summed E-state index contributed by atoms with van der Waals surface area (Å²) < 4.78 is 0. The number of aliphatic hydroxyl groups excluding tert-OH is 1. The number of likely N-dealkylation sites (tertiary alicyclic amines) is 2. The first-order valence-electron chi connectivity index (χ1n) is 7.68. The van der Waals surface area contributed by atoms with Gasteiger partial charge in [-0.3, -0.25) is 9.59 Å². The minimum absolute atomic E-state index is 0.0541. The lowest BCUT2D eigenvalue weighted by Gasteiger charge is -2.33. The highest BCUT2D eigenvalue weighted by Crippen LogP contribution is 2.25. The molecule has 2 heterocycles. The molecule has 0 radical (unpaired) electrons. The second-order valence-corrected chi connectivity index (χ2v) is 6.45. The molecule has 0 aromatic carbocycles. The van der Waals surface area contributed by atoms with Crippen LogP contribution in [-0.2, 0) is 9.59 Å². The Hall–Kier alpha value is -1.10. The smallest absolute Gasteiger partial charge is 0.245 e. The molecular weight excluding hydrogens is 256 g/mol. The fourth-order valence-corrected chi connectivity index (χ4v) is 3.31. The van der Waals surface area contributed by atoms with Crippen LogP contribution in [0.3, 0.4) is 0 Å². The van der Waals surface area contributed by atoms with E-state index in [1.54, 1.807) is 11.8 Å². The lowest BCUT2D eigenvalue weighted by Crippen LogP contribution is -2.51. The van der Waals surface area contributed by atoms with Crippen molar-refractivity contribution in [3.05, 3.63) is 0 Å². The number of hydrogen-bond donors (Lipinski definition) is 1. The van der Waals surface area contributed by atoms with Gasteiger partial charge in [-0.15, -0.1) is 0 Å². The van der Waals surface area contributed by atoms with E-state index in [1.165, 1.54) is 0 Å². The van der Waals surface area contributed by atoms with E-state index in [4.69, 9.17) is 0 Å². The Morgan fingerprint density at radius 1 is 1.30 bits per heavy atom. The second-order valence-electron chi connectivity index (χ2n) is 6.45. The molecule has 3 atom stereocenters. The zero-order valence-corrected chi connectivity index (χ0v) is 12.7. The number of hydrogen-bond acceptors (Lipinski definition) is 3. The van der Waals surface area contributed by atoms with Crippen molar-refractivity contribution in [2.24, 2.45) is 11.8 Å². The van der Waals surface area contributed by atoms with Gasteiger partial charge in [0.05, 0.1) is 6.10 Å². The number of carbonyl (C=O) groups is 2. The Bertz CT molecular complexity index is 381. The predicted molar refractivity (Wildman–Crippen MR) is 75.9 cm³/mol. The van der Waals surface area contributed by atoms with Crippen molar-refractivity contribution in [3.8, 4) is 0 Å². The van der Waals surface area contributed by atoms with Crippen LogP contribution < -0.4 is 0 Å². The molecule has 2 aliphatic heterocycles. The van der Waals surface area contributed by atoms with Crippen LogP contribution >= 0.6 is 0 Å². The van der Waals surface area contributed by atoms with Crippen LogP contribution in [0.1, 0.15) is 40.0 Å². The Balaban J connectivity index is 2.06. The average Bonchev–Trinajstić information content (AvgIpc) is 2.98. The standard InChI is InChI=1S/C15H26N2O3/c1-10(2)14(17-7-4-5-13(17)19)15(20)16-8-6-12(9-16)11(3)18/h10-12,14,18H,4-9H2,1-3H3. The van der Waals surface area contributed by atoms with E-state index in [9.17, 15) is 14.7 Å². The van der Waals surface area contributed by atoms with Gasteiger partial charge in [-0.25, -0.2) is 0 Å². The summed E-state index contributed by atoms with van der Waals surface area (Å²) in [6.07, 6.45) is 1.89. The van der Waals surface area contributed by atoms with E-state index in [0.29, 0.717) is 26.1 Å². The SMILES string of the molecule is CC(C)C(C(=O)N1CCC(C(C)O)C1)N1CCCC1=O. The van der Waals surface area contributed by atoms with Gasteiger partial charge in [0, 0.05) is 32.0 Å². The van der Waals surface area contributed by atoms with Crippen molar-refractivity contribution < 1.29 is 14.7 Å². The third kappa shape index (κ3) is 2.97. The fourth-order valence-electron chi connectivity index (χ4n) is 3.31. The summed E-state index contributed by atoms with van der Waals surface area (Å²) in [5.41, 5.74) is 0. The molecule has 20 heavy (non-hydrogen) atoms. The summed E-state index contributed by atoms with van der Waals surface area (Å²) >= 11 is 0. The number of carbonyl (C=O) groups excluding carboxylic acids is 2. The van der Waals surface area contributed by atoms with Gasteiger partial charge in [0.1, 0.15) is 6.04 Å². The second kappa shape index (κ2) is 6.12. The van der Waals surface area contributed by atoms with Gasteiger partial charge >= 0.3 is 0 Å². The number of aliphatic hydroxyl groups is 1. The van der Waals surface area contributed by atoms with Gasteiger partial charge in [0.15, 0.2) is 0 Å². The monoisotopic (exact) mass is 282 g/mol. The predicted octanol–water partition coefficient (Wildman–Crippen LogP) is 0.863. The summed E-state index contributed by atoms with van der Waals surface area (Å²) in [6, 6.07) is -0.335. The highest BCUT2D eigenvalue weighted by Gasteiger charge is 2.39. The Kier molecular flexibility index (Phi) is 4.68. The van der Waals surface area contributed by atoms with Crippen molar-refractivity contribution in [1.29, 1.82) is 0 Å². The van der Waals surface area contributed by atoms with Crippen molar-refractivity contribution in [2.45, 2.75) is 52.2 Å². The van der Waals surface area contributed by atoms with Crippen LogP contribution in [0.2, 0.25) is 0 Å². The van der Waals surface area contributed by atoms with Gasteiger partial charge in [-0.05, 0) is 25.7 Å². The van der Waals surface area contributed by atoms with Crippen LogP contribution in [0.15, 0.2) is 0 Å².